The lowest BCUT2D eigenvalue weighted by atomic mass is 10.0. The topological polar surface area (TPSA) is 48.1 Å². The monoisotopic (exact) mass is 282 g/mol. The van der Waals surface area contributed by atoms with Gasteiger partial charge in [-0.1, -0.05) is 0 Å². The molecule has 3 nitrogen and oxygen atoms in total. The first-order valence-electron chi connectivity index (χ1n) is 5.86. The van der Waals surface area contributed by atoms with Crippen LogP contribution in [0.1, 0.15) is 5.56 Å². The molecule has 20 heavy (non-hydrogen) atoms. The van der Waals surface area contributed by atoms with Crippen LogP contribution in [0.4, 0.5) is 18.9 Å². The molecule has 0 saturated carbocycles. The number of benzene rings is 1. The van der Waals surface area contributed by atoms with Crippen molar-refractivity contribution in [3.63, 3.8) is 0 Å². The van der Waals surface area contributed by atoms with Crippen LogP contribution < -0.4 is 10.5 Å². The maximum Gasteiger partial charge on any atom is 0.422 e. The van der Waals surface area contributed by atoms with Gasteiger partial charge in [-0.05, 0) is 36.8 Å². The van der Waals surface area contributed by atoms with Gasteiger partial charge in [0, 0.05) is 29.2 Å². The molecule has 2 rings (SSSR count). The van der Waals surface area contributed by atoms with Gasteiger partial charge in [-0.2, -0.15) is 13.2 Å². The molecule has 0 aliphatic carbocycles. The van der Waals surface area contributed by atoms with Crippen molar-refractivity contribution in [2.45, 2.75) is 13.1 Å². The fourth-order valence-corrected chi connectivity index (χ4v) is 1.74. The normalized spacial score (nSPS) is 11.4. The van der Waals surface area contributed by atoms with Gasteiger partial charge >= 0.3 is 6.18 Å². The van der Waals surface area contributed by atoms with E-state index in [0.717, 1.165) is 11.1 Å². The Morgan fingerprint density at radius 2 is 1.95 bits per heavy atom. The number of aryl methyl sites for hydroxylation is 1. The number of nitrogens with two attached hydrogens (primary N) is 1. The summed E-state index contributed by atoms with van der Waals surface area (Å²) >= 11 is 0. The zero-order valence-electron chi connectivity index (χ0n) is 10.7. The van der Waals surface area contributed by atoms with Gasteiger partial charge in [-0.3, -0.25) is 4.98 Å². The number of ether oxygens (including phenoxy) is 1. The van der Waals surface area contributed by atoms with Crippen molar-refractivity contribution in [3.8, 4) is 16.9 Å². The molecule has 2 aromatic rings. The number of nitrogens with zero attached hydrogens (tertiary/aromatic N) is 1. The first kappa shape index (κ1) is 14.2. The van der Waals surface area contributed by atoms with Gasteiger partial charge in [-0.15, -0.1) is 0 Å². The number of anilines is 1. The SMILES string of the molecule is Cc1cncc(-c2cc(OCC(F)(F)F)ccc2N)c1. The second-order valence-corrected chi connectivity index (χ2v) is 4.40. The predicted molar refractivity (Wildman–Crippen MR) is 70.4 cm³/mol. The first-order valence-corrected chi connectivity index (χ1v) is 5.86. The summed E-state index contributed by atoms with van der Waals surface area (Å²) in [5.41, 5.74) is 8.57. The molecule has 0 unspecified atom stereocenters. The summed E-state index contributed by atoms with van der Waals surface area (Å²) in [6.07, 6.45) is -1.08. The summed E-state index contributed by atoms with van der Waals surface area (Å²) in [4.78, 5) is 4.04. The highest BCUT2D eigenvalue weighted by atomic mass is 19.4. The fourth-order valence-electron chi connectivity index (χ4n) is 1.74. The van der Waals surface area contributed by atoms with E-state index in [4.69, 9.17) is 10.5 Å². The third kappa shape index (κ3) is 3.63. The summed E-state index contributed by atoms with van der Waals surface area (Å²) in [6.45, 7) is 0.541. The molecule has 0 aliphatic heterocycles. The summed E-state index contributed by atoms with van der Waals surface area (Å²) in [5, 5.41) is 0. The molecule has 1 heterocycles. The Morgan fingerprint density at radius 1 is 1.20 bits per heavy atom. The van der Waals surface area contributed by atoms with E-state index < -0.39 is 12.8 Å². The number of hydrogen-bond donors (Lipinski definition) is 1. The molecule has 1 aromatic heterocycles. The molecule has 0 atom stereocenters. The van der Waals surface area contributed by atoms with Crippen molar-refractivity contribution in [1.82, 2.24) is 4.98 Å². The smallest absolute Gasteiger partial charge is 0.422 e. The van der Waals surface area contributed by atoms with Crippen LogP contribution in [-0.4, -0.2) is 17.8 Å². The first-order chi connectivity index (χ1) is 9.35. The van der Waals surface area contributed by atoms with E-state index in [0.29, 0.717) is 11.3 Å². The highest BCUT2D eigenvalue weighted by Crippen LogP contribution is 2.30. The Labute approximate surface area is 114 Å². The van der Waals surface area contributed by atoms with Crippen molar-refractivity contribution >= 4 is 5.69 Å². The molecule has 0 saturated heterocycles. The van der Waals surface area contributed by atoms with E-state index >= 15 is 0 Å². The van der Waals surface area contributed by atoms with Crippen LogP contribution in [0.3, 0.4) is 0 Å². The highest BCUT2D eigenvalue weighted by Gasteiger charge is 2.28. The van der Waals surface area contributed by atoms with Gasteiger partial charge in [-0.25, -0.2) is 0 Å². The summed E-state index contributed by atoms with van der Waals surface area (Å²) in [6, 6.07) is 6.26. The number of alkyl halides is 3. The van der Waals surface area contributed by atoms with Crippen molar-refractivity contribution in [3.05, 3.63) is 42.2 Å². The zero-order chi connectivity index (χ0) is 14.8. The number of nitrogen functional groups attached to an aromatic ring is 1. The van der Waals surface area contributed by atoms with Crippen LogP contribution in [0.2, 0.25) is 0 Å². The van der Waals surface area contributed by atoms with Crippen LogP contribution in [0.25, 0.3) is 11.1 Å². The Morgan fingerprint density at radius 3 is 2.60 bits per heavy atom. The molecule has 0 fully saturated rings. The van der Waals surface area contributed by atoms with Gasteiger partial charge < -0.3 is 10.5 Å². The Hall–Kier alpha value is -2.24. The maximum absolute atomic E-state index is 12.1. The number of rotatable bonds is 3. The lowest BCUT2D eigenvalue weighted by Gasteiger charge is -2.12. The summed E-state index contributed by atoms with van der Waals surface area (Å²) in [5.74, 6) is 0.119. The van der Waals surface area contributed by atoms with E-state index in [1.807, 2.05) is 13.0 Å². The zero-order valence-corrected chi connectivity index (χ0v) is 10.7. The molecule has 6 heteroatoms. The molecule has 106 valence electrons. The van der Waals surface area contributed by atoms with Crippen LogP contribution in [0.15, 0.2) is 36.7 Å². The van der Waals surface area contributed by atoms with Gasteiger partial charge in [0.2, 0.25) is 0 Å². The largest absolute Gasteiger partial charge is 0.484 e. The highest BCUT2D eigenvalue weighted by molar-refractivity contribution is 5.77. The van der Waals surface area contributed by atoms with Gasteiger partial charge in [0.05, 0.1) is 0 Å². The van der Waals surface area contributed by atoms with E-state index in [-0.39, 0.29) is 5.75 Å². The molecule has 0 aliphatic rings. The molecular weight excluding hydrogens is 269 g/mol. The van der Waals surface area contributed by atoms with Crippen LogP contribution in [0, 0.1) is 6.92 Å². The molecule has 1 aromatic carbocycles. The maximum atomic E-state index is 12.1. The van der Waals surface area contributed by atoms with Gasteiger partial charge in [0.1, 0.15) is 5.75 Å². The van der Waals surface area contributed by atoms with Crippen molar-refractivity contribution in [2.24, 2.45) is 0 Å². The second kappa shape index (κ2) is 5.40. The third-order valence-electron chi connectivity index (χ3n) is 2.61. The molecule has 0 bridgehead atoms. The van der Waals surface area contributed by atoms with E-state index in [2.05, 4.69) is 4.98 Å². The van der Waals surface area contributed by atoms with Gasteiger partial charge in [0.25, 0.3) is 0 Å². The Bertz CT molecular complexity index is 612. The third-order valence-corrected chi connectivity index (χ3v) is 2.61. The van der Waals surface area contributed by atoms with Crippen LogP contribution in [-0.2, 0) is 0 Å². The van der Waals surface area contributed by atoms with Crippen LogP contribution >= 0.6 is 0 Å². The van der Waals surface area contributed by atoms with Gasteiger partial charge in [0.15, 0.2) is 6.61 Å². The fraction of sp³-hybridized carbons (Fsp3) is 0.214. The van der Waals surface area contributed by atoms with E-state index in [1.54, 1.807) is 12.4 Å². The summed E-state index contributed by atoms with van der Waals surface area (Å²) in [7, 11) is 0. The number of hydrogen-bond acceptors (Lipinski definition) is 3. The Balaban J connectivity index is 2.30. The van der Waals surface area contributed by atoms with Crippen molar-refractivity contribution in [2.75, 3.05) is 12.3 Å². The number of pyridine rings is 1. The van der Waals surface area contributed by atoms with Crippen LogP contribution in [0.5, 0.6) is 5.75 Å². The van der Waals surface area contributed by atoms with E-state index in [9.17, 15) is 13.2 Å². The minimum Gasteiger partial charge on any atom is -0.484 e. The average Bonchev–Trinajstić information content (AvgIpc) is 2.37. The molecule has 0 radical (unpaired) electrons. The minimum absolute atomic E-state index is 0.119. The minimum atomic E-state index is -4.37. The Kier molecular flexibility index (Phi) is 3.83. The van der Waals surface area contributed by atoms with E-state index in [1.165, 1.54) is 18.2 Å². The van der Waals surface area contributed by atoms with Crippen molar-refractivity contribution in [1.29, 1.82) is 0 Å². The molecule has 0 amide bonds. The molecular formula is C14H13F3N2O. The predicted octanol–water partition coefficient (Wildman–Crippen LogP) is 3.58. The number of aromatic nitrogens is 1. The lowest BCUT2D eigenvalue weighted by Crippen LogP contribution is -2.19. The molecule has 2 N–H and O–H groups in total. The lowest BCUT2D eigenvalue weighted by molar-refractivity contribution is -0.153. The standard InChI is InChI=1S/C14H13F3N2O/c1-9-4-10(7-19-6-9)12-5-11(2-3-13(12)18)20-8-14(15,16)17/h2-7H,8,18H2,1H3. The average molecular weight is 282 g/mol. The molecule has 0 spiro atoms. The second-order valence-electron chi connectivity index (χ2n) is 4.40. The quantitative estimate of drug-likeness (QED) is 0.875. The summed E-state index contributed by atoms with van der Waals surface area (Å²) < 4.78 is 41.1. The van der Waals surface area contributed by atoms with Crippen molar-refractivity contribution < 1.29 is 17.9 Å². The number of halogens is 3.